The van der Waals surface area contributed by atoms with E-state index in [-0.39, 0.29) is 5.92 Å². The summed E-state index contributed by atoms with van der Waals surface area (Å²) in [7, 11) is 2.01. The summed E-state index contributed by atoms with van der Waals surface area (Å²) in [5.41, 5.74) is 2.75. The molecule has 0 fully saturated rings. The SMILES string of the molecule is CN(CCOc1ccc(C=CC(=O)C(F)(F)F)cc1)CC(c1ccc(Cl)cc1)c1ccc(Cl)cc1. The normalized spacial score (nSPS) is 12.0. The largest absolute Gasteiger partial charge is 0.492 e. The molecule has 3 rings (SSSR count). The molecule has 0 unspecified atom stereocenters. The molecule has 0 amide bonds. The predicted molar refractivity (Wildman–Crippen MR) is 134 cm³/mol. The summed E-state index contributed by atoms with van der Waals surface area (Å²) in [5.74, 6) is -1.19. The molecule has 0 saturated carbocycles. The third-order valence-corrected chi connectivity index (χ3v) is 5.87. The Kier molecular flexibility index (Phi) is 9.38. The third-order valence-electron chi connectivity index (χ3n) is 5.37. The maximum absolute atomic E-state index is 12.3. The van der Waals surface area contributed by atoms with Crippen molar-refractivity contribution in [3.8, 4) is 5.75 Å². The Morgan fingerprint density at radius 1 is 0.914 bits per heavy atom. The molecule has 0 bridgehead atoms. The molecule has 0 atom stereocenters. The molecule has 0 aliphatic carbocycles. The first-order chi connectivity index (χ1) is 16.6. The van der Waals surface area contributed by atoms with Crippen LogP contribution in [0.2, 0.25) is 10.0 Å². The number of ether oxygens (including phenoxy) is 1. The lowest BCUT2D eigenvalue weighted by molar-refractivity contribution is -0.165. The molecular formula is C27H24Cl2F3NO2. The second-order valence-corrected chi connectivity index (χ2v) is 8.90. The maximum atomic E-state index is 12.3. The molecule has 0 N–H and O–H groups in total. The Balaban J connectivity index is 1.56. The van der Waals surface area contributed by atoms with Crippen LogP contribution in [0.5, 0.6) is 5.75 Å². The van der Waals surface area contributed by atoms with Crippen LogP contribution in [0.15, 0.2) is 78.9 Å². The summed E-state index contributed by atoms with van der Waals surface area (Å²) in [6, 6.07) is 22.1. The monoisotopic (exact) mass is 521 g/mol. The van der Waals surface area contributed by atoms with Crippen LogP contribution in [-0.4, -0.2) is 43.6 Å². The van der Waals surface area contributed by atoms with Crippen molar-refractivity contribution in [1.82, 2.24) is 4.90 Å². The van der Waals surface area contributed by atoms with Crippen molar-refractivity contribution in [1.29, 1.82) is 0 Å². The number of alkyl halides is 3. The molecule has 0 radical (unpaired) electrons. The lowest BCUT2D eigenvalue weighted by Crippen LogP contribution is -2.29. The second-order valence-electron chi connectivity index (χ2n) is 8.03. The smallest absolute Gasteiger partial charge is 0.454 e. The van der Waals surface area contributed by atoms with E-state index in [1.807, 2.05) is 55.6 Å². The van der Waals surface area contributed by atoms with Gasteiger partial charge in [-0.15, -0.1) is 0 Å². The van der Waals surface area contributed by atoms with E-state index in [9.17, 15) is 18.0 Å². The molecule has 0 heterocycles. The molecule has 0 spiro atoms. The molecule has 3 nitrogen and oxygen atoms in total. The minimum atomic E-state index is -4.87. The Hall–Kier alpha value is -2.80. The lowest BCUT2D eigenvalue weighted by atomic mass is 9.91. The van der Waals surface area contributed by atoms with Gasteiger partial charge in [0.2, 0.25) is 0 Å². The highest BCUT2D eigenvalue weighted by atomic mass is 35.5. The number of rotatable bonds is 10. The number of halogens is 5. The number of carbonyl (C=O) groups is 1. The minimum Gasteiger partial charge on any atom is -0.492 e. The van der Waals surface area contributed by atoms with Crippen molar-refractivity contribution in [3.05, 3.63) is 106 Å². The highest BCUT2D eigenvalue weighted by Crippen LogP contribution is 2.28. The molecule has 184 valence electrons. The van der Waals surface area contributed by atoms with E-state index in [4.69, 9.17) is 27.9 Å². The van der Waals surface area contributed by atoms with Gasteiger partial charge in [-0.05, 0) is 66.2 Å². The van der Waals surface area contributed by atoms with Gasteiger partial charge in [0.05, 0.1) is 0 Å². The summed E-state index contributed by atoms with van der Waals surface area (Å²) in [5, 5.41) is 1.36. The van der Waals surface area contributed by atoms with Gasteiger partial charge in [0.25, 0.3) is 5.78 Å². The van der Waals surface area contributed by atoms with Gasteiger partial charge in [-0.25, -0.2) is 0 Å². The first-order valence-electron chi connectivity index (χ1n) is 10.8. The first-order valence-corrected chi connectivity index (χ1v) is 11.6. The van der Waals surface area contributed by atoms with Gasteiger partial charge in [-0.1, -0.05) is 65.7 Å². The van der Waals surface area contributed by atoms with Crippen LogP contribution in [0.3, 0.4) is 0 Å². The van der Waals surface area contributed by atoms with E-state index < -0.39 is 12.0 Å². The zero-order chi connectivity index (χ0) is 25.4. The molecule has 3 aromatic rings. The average Bonchev–Trinajstić information content (AvgIpc) is 2.82. The fraction of sp³-hybridized carbons (Fsp3) is 0.222. The number of ketones is 1. The van der Waals surface area contributed by atoms with Crippen LogP contribution >= 0.6 is 23.2 Å². The molecule has 8 heteroatoms. The number of benzene rings is 3. The number of hydrogen-bond acceptors (Lipinski definition) is 3. The van der Waals surface area contributed by atoms with Crippen molar-refractivity contribution in [2.45, 2.75) is 12.1 Å². The molecule has 0 aliphatic rings. The third kappa shape index (κ3) is 8.42. The van der Waals surface area contributed by atoms with Crippen molar-refractivity contribution < 1.29 is 22.7 Å². The number of hydrogen-bond donors (Lipinski definition) is 0. The van der Waals surface area contributed by atoms with Crippen LogP contribution in [0.4, 0.5) is 13.2 Å². The van der Waals surface area contributed by atoms with Gasteiger partial charge in [-0.2, -0.15) is 13.2 Å². The summed E-state index contributed by atoms with van der Waals surface area (Å²) in [6.07, 6.45) is -3.23. The number of nitrogens with zero attached hydrogens (tertiary/aromatic N) is 1. The highest BCUT2D eigenvalue weighted by molar-refractivity contribution is 6.30. The fourth-order valence-corrected chi connectivity index (χ4v) is 3.71. The zero-order valence-corrected chi connectivity index (χ0v) is 20.4. The Bertz CT molecular complexity index is 1080. The Morgan fingerprint density at radius 2 is 1.43 bits per heavy atom. The van der Waals surface area contributed by atoms with Crippen LogP contribution in [0.25, 0.3) is 6.08 Å². The van der Waals surface area contributed by atoms with E-state index in [0.717, 1.165) is 23.7 Å². The van der Waals surface area contributed by atoms with E-state index in [0.29, 0.717) is 40.6 Å². The zero-order valence-electron chi connectivity index (χ0n) is 18.9. The second kappa shape index (κ2) is 12.2. The molecular weight excluding hydrogens is 498 g/mol. The lowest BCUT2D eigenvalue weighted by Gasteiger charge is -2.25. The van der Waals surface area contributed by atoms with E-state index in [1.54, 1.807) is 24.3 Å². The first kappa shape index (κ1) is 26.8. The van der Waals surface area contributed by atoms with Crippen LogP contribution in [0, 0.1) is 0 Å². The number of carbonyl (C=O) groups excluding carboxylic acids is 1. The number of likely N-dealkylation sites (N-methyl/N-ethyl adjacent to an activating group) is 1. The highest BCUT2D eigenvalue weighted by Gasteiger charge is 2.35. The van der Waals surface area contributed by atoms with E-state index in [1.165, 1.54) is 0 Å². The quantitative estimate of drug-likeness (QED) is 0.262. The van der Waals surface area contributed by atoms with Crippen molar-refractivity contribution >= 4 is 35.1 Å². The topological polar surface area (TPSA) is 29.5 Å². The number of allylic oxidation sites excluding steroid dienone is 1. The van der Waals surface area contributed by atoms with Crippen LogP contribution < -0.4 is 4.74 Å². The van der Waals surface area contributed by atoms with Crippen molar-refractivity contribution in [2.75, 3.05) is 26.7 Å². The summed E-state index contributed by atoms with van der Waals surface area (Å²) >= 11 is 12.1. The Morgan fingerprint density at radius 3 is 1.91 bits per heavy atom. The summed E-state index contributed by atoms with van der Waals surface area (Å²) in [6.45, 7) is 1.81. The van der Waals surface area contributed by atoms with Gasteiger partial charge in [-0.3, -0.25) is 4.79 Å². The Labute approximate surface area is 212 Å². The van der Waals surface area contributed by atoms with Gasteiger partial charge < -0.3 is 9.64 Å². The maximum Gasteiger partial charge on any atom is 0.454 e. The van der Waals surface area contributed by atoms with Gasteiger partial charge >= 0.3 is 6.18 Å². The van der Waals surface area contributed by atoms with Gasteiger partial charge in [0, 0.05) is 29.1 Å². The van der Waals surface area contributed by atoms with Crippen molar-refractivity contribution in [2.24, 2.45) is 0 Å². The van der Waals surface area contributed by atoms with Crippen LogP contribution in [-0.2, 0) is 4.79 Å². The molecule has 0 aliphatic heterocycles. The summed E-state index contributed by atoms with van der Waals surface area (Å²) < 4.78 is 42.7. The van der Waals surface area contributed by atoms with Gasteiger partial charge in [0.1, 0.15) is 12.4 Å². The minimum absolute atomic E-state index is 0.111. The fourth-order valence-electron chi connectivity index (χ4n) is 3.46. The van der Waals surface area contributed by atoms with E-state index in [2.05, 4.69) is 4.90 Å². The predicted octanol–water partition coefficient (Wildman–Crippen LogP) is 7.28. The molecule has 3 aromatic carbocycles. The van der Waals surface area contributed by atoms with E-state index >= 15 is 0 Å². The molecule has 35 heavy (non-hydrogen) atoms. The van der Waals surface area contributed by atoms with Gasteiger partial charge in [0.15, 0.2) is 0 Å². The van der Waals surface area contributed by atoms with Crippen molar-refractivity contribution in [3.63, 3.8) is 0 Å². The molecule has 0 aromatic heterocycles. The standard InChI is InChI=1S/C27H24Cl2F3NO2/c1-33(16-17-35-24-13-2-19(3-14-24)4-15-26(34)27(30,31)32)18-25(20-5-9-22(28)10-6-20)21-7-11-23(29)12-8-21/h2-15,25H,16-18H2,1H3. The van der Waals surface area contributed by atoms with Crippen LogP contribution in [0.1, 0.15) is 22.6 Å². The average molecular weight is 522 g/mol. The molecule has 0 saturated heterocycles. The summed E-state index contributed by atoms with van der Waals surface area (Å²) in [4.78, 5) is 13.1.